The number of hydrogen-bond acceptors (Lipinski definition) is 2. The second kappa shape index (κ2) is 8.10. The molecule has 0 N–H and O–H groups in total. The van der Waals surface area contributed by atoms with E-state index in [1.165, 1.54) is 31.2 Å². The van der Waals surface area contributed by atoms with Crippen LogP contribution in [0.5, 0.6) is 0 Å². The predicted octanol–water partition coefficient (Wildman–Crippen LogP) is 6.89. The summed E-state index contributed by atoms with van der Waals surface area (Å²) in [7, 11) is 0. The van der Waals surface area contributed by atoms with Crippen molar-refractivity contribution in [2.45, 2.75) is 49.7 Å². The van der Waals surface area contributed by atoms with Gasteiger partial charge in [0.25, 0.3) is 0 Å². The Labute approximate surface area is 182 Å². The maximum atomic E-state index is 6.70. The molecule has 2 bridgehead atoms. The summed E-state index contributed by atoms with van der Waals surface area (Å²) in [5.74, 6) is 0.602. The predicted molar refractivity (Wildman–Crippen MR) is 120 cm³/mol. The van der Waals surface area contributed by atoms with E-state index in [0.717, 1.165) is 21.2 Å². The van der Waals surface area contributed by atoms with E-state index in [0.29, 0.717) is 18.0 Å². The number of hydrogen-bond donors (Lipinski definition) is 0. The van der Waals surface area contributed by atoms with Gasteiger partial charge in [0.05, 0.1) is 6.04 Å². The fourth-order valence-corrected chi connectivity index (χ4v) is 5.90. The number of rotatable bonds is 4. The third-order valence-corrected chi connectivity index (χ3v) is 7.35. The summed E-state index contributed by atoms with van der Waals surface area (Å²) >= 11 is 13.4. The fraction of sp³-hybridized carbons (Fsp3) is 0.320. The lowest BCUT2D eigenvalue weighted by molar-refractivity contribution is 0.0935. The van der Waals surface area contributed by atoms with Crippen molar-refractivity contribution >= 4 is 23.2 Å². The third kappa shape index (κ3) is 3.59. The molecule has 3 aromatic rings. The van der Waals surface area contributed by atoms with Gasteiger partial charge in [-0.05, 0) is 72.6 Å². The van der Waals surface area contributed by atoms with Gasteiger partial charge in [-0.2, -0.15) is 0 Å². The molecule has 2 fully saturated rings. The van der Waals surface area contributed by atoms with Crippen molar-refractivity contribution in [2.24, 2.45) is 0 Å². The summed E-state index contributed by atoms with van der Waals surface area (Å²) in [5.41, 5.74) is 3.73. The van der Waals surface area contributed by atoms with E-state index in [-0.39, 0.29) is 6.04 Å². The Hall–Kier alpha value is -1.87. The maximum Gasteiger partial charge on any atom is 0.0636 e. The highest BCUT2D eigenvalue weighted by Crippen LogP contribution is 2.50. The average molecular weight is 423 g/mol. The molecule has 0 radical (unpaired) electrons. The zero-order chi connectivity index (χ0) is 19.8. The number of fused-ring (bicyclic) bond motifs is 2. The minimum atomic E-state index is 0.0910. The van der Waals surface area contributed by atoms with Gasteiger partial charge in [0.15, 0.2) is 0 Å². The Balaban J connectivity index is 1.54. The Bertz CT molecular complexity index is 931. The van der Waals surface area contributed by atoms with E-state index < -0.39 is 0 Å². The van der Waals surface area contributed by atoms with Gasteiger partial charge in [0.2, 0.25) is 0 Å². The van der Waals surface area contributed by atoms with Crippen LogP contribution in [0.2, 0.25) is 10.0 Å². The van der Waals surface area contributed by atoms with Crippen molar-refractivity contribution in [1.29, 1.82) is 0 Å². The maximum absolute atomic E-state index is 6.70. The Morgan fingerprint density at radius 3 is 1.79 bits per heavy atom. The highest BCUT2D eigenvalue weighted by molar-refractivity contribution is 6.32. The van der Waals surface area contributed by atoms with Crippen LogP contribution >= 0.6 is 23.2 Å². The lowest BCUT2D eigenvalue weighted by Gasteiger charge is -2.44. The van der Waals surface area contributed by atoms with Gasteiger partial charge in [-0.1, -0.05) is 59.6 Å². The van der Waals surface area contributed by atoms with E-state index in [2.05, 4.69) is 46.3 Å². The lowest BCUT2D eigenvalue weighted by atomic mass is 9.83. The molecule has 0 amide bonds. The molecule has 2 atom stereocenters. The summed E-state index contributed by atoms with van der Waals surface area (Å²) < 4.78 is 0. The van der Waals surface area contributed by atoms with Crippen molar-refractivity contribution in [3.63, 3.8) is 0 Å². The lowest BCUT2D eigenvalue weighted by Crippen LogP contribution is -2.45. The standard InChI is InChI=1S/C25H24Cl2N2/c26-23-7-3-1-5-21(23)25(22-6-2-4-8-24(22)27)29-19-9-10-20(29)16-18(15-19)17-11-13-28-14-12-17/h1-8,11-14,18-20,25H,9-10,15-16H2. The molecule has 148 valence electrons. The van der Waals surface area contributed by atoms with Gasteiger partial charge in [-0.15, -0.1) is 0 Å². The van der Waals surface area contributed by atoms with Crippen molar-refractivity contribution in [3.8, 4) is 0 Å². The summed E-state index contributed by atoms with van der Waals surface area (Å²) in [4.78, 5) is 6.90. The van der Waals surface area contributed by atoms with E-state index in [9.17, 15) is 0 Å². The van der Waals surface area contributed by atoms with Crippen LogP contribution in [0.3, 0.4) is 0 Å². The molecule has 1 aromatic heterocycles. The first kappa shape index (κ1) is 19.1. The molecular formula is C25H24Cl2N2. The summed E-state index contributed by atoms with van der Waals surface area (Å²) in [6.45, 7) is 0. The van der Waals surface area contributed by atoms with Crippen LogP contribution in [0.4, 0.5) is 0 Å². The molecular weight excluding hydrogens is 399 g/mol. The van der Waals surface area contributed by atoms with Gasteiger partial charge in [0.1, 0.15) is 0 Å². The van der Waals surface area contributed by atoms with Crippen LogP contribution in [0.25, 0.3) is 0 Å². The van der Waals surface area contributed by atoms with Crippen molar-refractivity contribution in [2.75, 3.05) is 0 Å². The first-order chi connectivity index (χ1) is 14.2. The van der Waals surface area contributed by atoms with E-state index in [1.807, 2.05) is 36.7 Å². The van der Waals surface area contributed by atoms with E-state index >= 15 is 0 Å². The van der Waals surface area contributed by atoms with Gasteiger partial charge in [-0.25, -0.2) is 0 Å². The van der Waals surface area contributed by atoms with Crippen LogP contribution in [0.15, 0.2) is 73.1 Å². The molecule has 3 heterocycles. The van der Waals surface area contributed by atoms with Crippen molar-refractivity contribution in [3.05, 3.63) is 99.8 Å². The first-order valence-electron chi connectivity index (χ1n) is 10.4. The average Bonchev–Trinajstić information content (AvgIpc) is 3.00. The molecule has 0 spiro atoms. The van der Waals surface area contributed by atoms with Crippen molar-refractivity contribution in [1.82, 2.24) is 9.88 Å². The van der Waals surface area contributed by atoms with Crippen LogP contribution in [0, 0.1) is 0 Å². The molecule has 2 nitrogen and oxygen atoms in total. The zero-order valence-corrected chi connectivity index (χ0v) is 17.7. The van der Waals surface area contributed by atoms with Gasteiger partial charge in [0, 0.05) is 34.5 Å². The quantitative estimate of drug-likeness (QED) is 0.454. The molecule has 2 aliphatic rings. The number of pyridine rings is 1. The first-order valence-corrected chi connectivity index (χ1v) is 11.1. The normalized spacial score (nSPS) is 24.2. The summed E-state index contributed by atoms with van der Waals surface area (Å²) in [6.07, 6.45) is 8.65. The smallest absolute Gasteiger partial charge is 0.0636 e. The monoisotopic (exact) mass is 422 g/mol. The second-order valence-electron chi connectivity index (χ2n) is 8.23. The highest BCUT2D eigenvalue weighted by atomic mass is 35.5. The van der Waals surface area contributed by atoms with Gasteiger partial charge in [-0.3, -0.25) is 9.88 Å². The van der Waals surface area contributed by atoms with Crippen LogP contribution < -0.4 is 0 Å². The van der Waals surface area contributed by atoms with E-state index in [4.69, 9.17) is 23.2 Å². The summed E-state index contributed by atoms with van der Waals surface area (Å²) in [5, 5.41) is 1.63. The van der Waals surface area contributed by atoms with Crippen LogP contribution in [-0.2, 0) is 0 Å². The van der Waals surface area contributed by atoms with Gasteiger partial charge >= 0.3 is 0 Å². The zero-order valence-electron chi connectivity index (χ0n) is 16.2. The minimum Gasteiger partial charge on any atom is -0.286 e. The Morgan fingerprint density at radius 1 is 0.759 bits per heavy atom. The summed E-state index contributed by atoms with van der Waals surface area (Å²) in [6, 6.07) is 22.0. The van der Waals surface area contributed by atoms with Gasteiger partial charge < -0.3 is 0 Å². The Morgan fingerprint density at radius 2 is 1.28 bits per heavy atom. The van der Waals surface area contributed by atoms with Crippen LogP contribution in [0.1, 0.15) is 54.3 Å². The SMILES string of the molecule is Clc1ccccc1C(c1ccccc1Cl)N1C2CCC1CC(c1ccncc1)C2. The Kier molecular flexibility index (Phi) is 5.34. The number of nitrogens with zero attached hydrogens (tertiary/aromatic N) is 2. The molecule has 4 heteroatoms. The number of benzene rings is 2. The molecule has 2 aromatic carbocycles. The number of piperidine rings is 1. The van der Waals surface area contributed by atoms with Crippen LogP contribution in [-0.4, -0.2) is 22.0 Å². The minimum absolute atomic E-state index is 0.0910. The topological polar surface area (TPSA) is 16.1 Å². The third-order valence-electron chi connectivity index (χ3n) is 6.66. The van der Waals surface area contributed by atoms with E-state index in [1.54, 1.807) is 0 Å². The highest BCUT2D eigenvalue weighted by Gasteiger charge is 2.45. The molecule has 2 unspecified atom stereocenters. The fourth-order valence-electron chi connectivity index (χ4n) is 5.43. The molecule has 5 rings (SSSR count). The number of aromatic nitrogens is 1. The molecule has 0 saturated carbocycles. The molecule has 0 aliphatic carbocycles. The van der Waals surface area contributed by atoms with Crippen molar-refractivity contribution < 1.29 is 0 Å². The second-order valence-corrected chi connectivity index (χ2v) is 9.04. The molecule has 2 aliphatic heterocycles. The molecule has 2 saturated heterocycles. The molecule has 29 heavy (non-hydrogen) atoms. The largest absolute Gasteiger partial charge is 0.286 e. The number of halogens is 2.